The number of rotatable bonds is 6. The second-order valence-electron chi connectivity index (χ2n) is 4.25. The number of thioether (sulfide) groups is 1. The first-order valence-corrected chi connectivity index (χ1v) is 19.8. The van der Waals surface area contributed by atoms with E-state index in [-0.39, 0.29) is 0 Å². The van der Waals surface area contributed by atoms with E-state index < -0.39 is 23.1 Å². The molecule has 110 valence electrons. The summed E-state index contributed by atoms with van der Waals surface area (Å²) in [5, 5.41) is 19.5. The second-order valence-corrected chi connectivity index (χ2v) is 19.3. The molecule has 0 aliphatic heterocycles. The number of halogens is 1. The molecule has 0 N–H and O–H groups in total. The van der Waals surface area contributed by atoms with Gasteiger partial charge >= 0.3 is 161 Å². The zero-order chi connectivity index (χ0) is 15.4. The third-order valence-corrected chi connectivity index (χ3v) is 20.1. The first kappa shape index (κ1) is 17.1. The minimum atomic E-state index is -1.22. The van der Waals surface area contributed by atoms with Crippen LogP contribution in [0.4, 0.5) is 0 Å². The molecule has 3 rings (SSSR count). The Labute approximate surface area is 160 Å². The standard InChI is InChI=1S/C6H4Cl.C6H6N4S4.Hg/c7-6-4-2-1-3-5-6;1-3-7-10-6(13-3)12-2-4-8-9-5(11)14-4;/h2-5H;2H2,1H3,(H,9,11);/q;;+1/p-1. The molecule has 4 nitrogen and oxygen atoms in total. The summed E-state index contributed by atoms with van der Waals surface area (Å²) in [6.45, 7) is 1.96. The van der Waals surface area contributed by atoms with Crippen molar-refractivity contribution < 1.29 is 23.1 Å². The van der Waals surface area contributed by atoms with Gasteiger partial charge in [-0.1, -0.05) is 0 Å². The summed E-state index contributed by atoms with van der Waals surface area (Å²) in [6.07, 6.45) is 0. The number of nitrogens with zero attached hydrogens (tertiary/aromatic N) is 4. The van der Waals surface area contributed by atoms with Gasteiger partial charge in [-0.2, -0.15) is 0 Å². The Kier molecular flexibility index (Phi) is 6.52. The van der Waals surface area contributed by atoms with Gasteiger partial charge in [-0.25, -0.2) is 0 Å². The van der Waals surface area contributed by atoms with E-state index >= 15 is 0 Å². The van der Waals surface area contributed by atoms with Crippen LogP contribution in [0.2, 0.25) is 5.02 Å². The molecule has 0 fully saturated rings. The van der Waals surface area contributed by atoms with Crippen molar-refractivity contribution in [2.45, 2.75) is 21.4 Å². The van der Waals surface area contributed by atoms with Gasteiger partial charge in [-0.05, 0) is 0 Å². The zero-order valence-corrected chi connectivity index (χ0v) is 21.0. The van der Waals surface area contributed by atoms with Gasteiger partial charge < -0.3 is 0 Å². The van der Waals surface area contributed by atoms with Gasteiger partial charge in [-0.15, -0.1) is 0 Å². The molecule has 0 saturated carbocycles. The Morgan fingerprint density at radius 2 is 1.82 bits per heavy atom. The summed E-state index contributed by atoms with van der Waals surface area (Å²) in [4.78, 5) is 0. The van der Waals surface area contributed by atoms with E-state index in [1.54, 1.807) is 34.4 Å². The fourth-order valence-corrected chi connectivity index (χ4v) is 16.0. The van der Waals surface area contributed by atoms with Gasteiger partial charge in [0, 0.05) is 0 Å². The summed E-state index contributed by atoms with van der Waals surface area (Å²) in [5.74, 6) is 0.810. The van der Waals surface area contributed by atoms with Gasteiger partial charge in [0.05, 0.1) is 0 Å². The predicted octanol–water partition coefficient (Wildman–Crippen LogP) is 4.06. The first-order chi connectivity index (χ1) is 10.7. The summed E-state index contributed by atoms with van der Waals surface area (Å²) in [7, 11) is 1.92. The van der Waals surface area contributed by atoms with Crippen molar-refractivity contribution in [2.24, 2.45) is 0 Å². The summed E-state index contributed by atoms with van der Waals surface area (Å²) in [6, 6.07) is 8.19. The molecule has 0 spiro atoms. The number of hydrogen-bond donors (Lipinski definition) is 0. The number of hydrogen-bond acceptors (Lipinski definition) is 8. The van der Waals surface area contributed by atoms with Gasteiger partial charge in [-0.3, -0.25) is 0 Å². The van der Waals surface area contributed by atoms with Gasteiger partial charge in [0.1, 0.15) is 0 Å². The van der Waals surface area contributed by atoms with Crippen molar-refractivity contribution in [1.82, 2.24) is 20.4 Å². The SMILES string of the molecule is Cc1nnc(SCc2nnc([S][Hg][c]3ccc(Cl)cc3)s2)s1. The third-order valence-electron chi connectivity index (χ3n) is 2.55. The van der Waals surface area contributed by atoms with Crippen LogP contribution in [0.25, 0.3) is 0 Å². The molecule has 22 heavy (non-hydrogen) atoms. The van der Waals surface area contributed by atoms with E-state index in [1.165, 1.54) is 3.07 Å². The topological polar surface area (TPSA) is 51.6 Å². The molecule has 0 amide bonds. The average Bonchev–Trinajstić information content (AvgIpc) is 3.13. The van der Waals surface area contributed by atoms with Crippen molar-refractivity contribution in [3.63, 3.8) is 0 Å². The molecule has 0 atom stereocenters. The van der Waals surface area contributed by atoms with E-state index in [0.29, 0.717) is 0 Å². The Bertz CT molecular complexity index is 746. The van der Waals surface area contributed by atoms with Crippen LogP contribution in [0.1, 0.15) is 10.0 Å². The summed E-state index contributed by atoms with van der Waals surface area (Å²) in [5.41, 5.74) is 0. The van der Waals surface area contributed by atoms with Crippen molar-refractivity contribution in [2.75, 3.05) is 0 Å². The van der Waals surface area contributed by atoms with Crippen LogP contribution >= 0.6 is 54.3 Å². The van der Waals surface area contributed by atoms with Crippen LogP contribution in [0.5, 0.6) is 0 Å². The molecule has 0 aliphatic rings. The fourth-order valence-electron chi connectivity index (χ4n) is 1.54. The second kappa shape index (κ2) is 8.39. The zero-order valence-electron chi connectivity index (χ0n) is 11.5. The maximum atomic E-state index is 5.91. The van der Waals surface area contributed by atoms with Gasteiger partial charge in [0.15, 0.2) is 0 Å². The van der Waals surface area contributed by atoms with Crippen LogP contribution < -0.4 is 3.07 Å². The molecule has 0 aliphatic carbocycles. The normalized spacial score (nSPS) is 10.6. The van der Waals surface area contributed by atoms with E-state index in [2.05, 4.69) is 32.5 Å². The Morgan fingerprint density at radius 1 is 1.05 bits per heavy atom. The van der Waals surface area contributed by atoms with Gasteiger partial charge in [0.2, 0.25) is 0 Å². The molecular formula is C12H9ClHgN4S4. The quantitative estimate of drug-likeness (QED) is 0.328. The fraction of sp³-hybridized carbons (Fsp3) is 0.167. The molecule has 0 unspecified atom stereocenters. The Balaban J connectivity index is 1.51. The molecule has 1 aromatic carbocycles. The van der Waals surface area contributed by atoms with Crippen LogP contribution in [0.15, 0.2) is 32.9 Å². The Hall–Kier alpha value is 0.265. The number of benzene rings is 1. The summed E-state index contributed by atoms with van der Waals surface area (Å²) < 4.78 is 3.52. The van der Waals surface area contributed by atoms with Crippen molar-refractivity contribution >= 4 is 57.4 Å². The molecule has 10 heteroatoms. The van der Waals surface area contributed by atoms with E-state index in [0.717, 1.165) is 29.5 Å². The summed E-state index contributed by atoms with van der Waals surface area (Å²) >= 11 is 9.66. The van der Waals surface area contributed by atoms with Crippen molar-refractivity contribution in [3.05, 3.63) is 39.3 Å². The predicted molar refractivity (Wildman–Crippen MR) is 91.1 cm³/mol. The average molecular weight is 574 g/mol. The molecular weight excluding hydrogens is 564 g/mol. The minimum absolute atomic E-state index is 0.796. The first-order valence-electron chi connectivity index (χ1n) is 6.31. The van der Waals surface area contributed by atoms with Crippen LogP contribution in [0.3, 0.4) is 0 Å². The molecule has 0 saturated heterocycles. The Morgan fingerprint density at radius 3 is 2.55 bits per heavy atom. The number of aromatic nitrogens is 4. The van der Waals surface area contributed by atoms with E-state index in [1.807, 2.05) is 27.3 Å². The van der Waals surface area contributed by atoms with Gasteiger partial charge in [0.25, 0.3) is 0 Å². The van der Waals surface area contributed by atoms with E-state index in [4.69, 9.17) is 11.6 Å². The molecule has 2 aromatic heterocycles. The molecule has 0 radical (unpaired) electrons. The van der Waals surface area contributed by atoms with Crippen molar-refractivity contribution in [1.29, 1.82) is 0 Å². The van der Waals surface area contributed by atoms with Crippen LogP contribution in [-0.2, 0) is 28.8 Å². The third kappa shape index (κ3) is 5.14. The van der Waals surface area contributed by atoms with Crippen LogP contribution in [-0.4, -0.2) is 20.4 Å². The maximum absolute atomic E-state index is 5.91. The monoisotopic (exact) mass is 574 g/mol. The van der Waals surface area contributed by atoms with Crippen molar-refractivity contribution in [3.8, 4) is 0 Å². The van der Waals surface area contributed by atoms with E-state index in [9.17, 15) is 0 Å². The van der Waals surface area contributed by atoms with Crippen LogP contribution in [0, 0.1) is 6.92 Å². The molecule has 0 bridgehead atoms. The number of aryl methyl sites for hydroxylation is 1. The molecule has 2 heterocycles. The molecule has 3 aromatic rings.